The van der Waals surface area contributed by atoms with Crippen LogP contribution >= 0.6 is 0 Å². The standard InChI is InChI=1S/C22H34OSi2/c1-7-13-19(21(15-9-3)24-17-11-5)23-20(14-8-2)22(16-10-4)25-18-12-6/h7-12H,1-6,13-18,24-25H2. The van der Waals surface area contributed by atoms with Gasteiger partial charge in [0, 0.05) is 12.8 Å². The average molecular weight is 371 g/mol. The summed E-state index contributed by atoms with van der Waals surface area (Å²) in [4.78, 5) is 0. The molecule has 0 aromatic rings. The van der Waals surface area contributed by atoms with Gasteiger partial charge < -0.3 is 4.74 Å². The van der Waals surface area contributed by atoms with Crippen LogP contribution in [0.1, 0.15) is 25.7 Å². The van der Waals surface area contributed by atoms with Gasteiger partial charge in [0.2, 0.25) is 0 Å². The van der Waals surface area contributed by atoms with Gasteiger partial charge in [-0.25, -0.2) is 0 Å². The Balaban J connectivity index is 5.85. The van der Waals surface area contributed by atoms with Gasteiger partial charge in [-0.05, 0) is 35.3 Å². The minimum atomic E-state index is -0.418. The molecular formula is C22H34OSi2. The molecule has 1 nitrogen and oxygen atoms in total. The van der Waals surface area contributed by atoms with Gasteiger partial charge in [-0.15, -0.1) is 39.5 Å². The molecule has 0 fully saturated rings. The maximum absolute atomic E-state index is 6.48. The summed E-state index contributed by atoms with van der Waals surface area (Å²) >= 11 is 0. The highest BCUT2D eigenvalue weighted by molar-refractivity contribution is 6.46. The van der Waals surface area contributed by atoms with E-state index in [0.29, 0.717) is 0 Å². The summed E-state index contributed by atoms with van der Waals surface area (Å²) in [6.07, 6.45) is 15.0. The largest absolute Gasteiger partial charge is 0.466 e. The zero-order valence-corrected chi connectivity index (χ0v) is 18.6. The second-order valence-electron chi connectivity index (χ2n) is 5.78. The van der Waals surface area contributed by atoms with E-state index in [-0.39, 0.29) is 0 Å². The van der Waals surface area contributed by atoms with Crippen LogP contribution in [-0.4, -0.2) is 19.0 Å². The van der Waals surface area contributed by atoms with Crippen LogP contribution < -0.4 is 0 Å². The molecular weight excluding hydrogens is 336 g/mol. The minimum Gasteiger partial charge on any atom is -0.466 e. The van der Waals surface area contributed by atoms with Crippen LogP contribution in [0.25, 0.3) is 0 Å². The van der Waals surface area contributed by atoms with E-state index in [9.17, 15) is 0 Å². The topological polar surface area (TPSA) is 9.23 Å². The van der Waals surface area contributed by atoms with Crippen molar-refractivity contribution in [2.75, 3.05) is 0 Å². The predicted octanol–water partition coefficient (Wildman–Crippen LogP) is 5.28. The maximum atomic E-state index is 6.48. The average Bonchev–Trinajstić information content (AvgIpc) is 2.61. The van der Waals surface area contributed by atoms with Crippen molar-refractivity contribution < 1.29 is 4.74 Å². The highest BCUT2D eigenvalue weighted by Crippen LogP contribution is 2.24. The lowest BCUT2D eigenvalue weighted by Gasteiger charge is -2.19. The van der Waals surface area contributed by atoms with Crippen molar-refractivity contribution in [3.63, 3.8) is 0 Å². The molecule has 0 saturated heterocycles. The van der Waals surface area contributed by atoms with Crippen molar-refractivity contribution in [1.29, 1.82) is 0 Å². The molecule has 0 amide bonds. The fourth-order valence-electron chi connectivity index (χ4n) is 2.54. The van der Waals surface area contributed by atoms with Gasteiger partial charge in [-0.3, -0.25) is 0 Å². The molecule has 25 heavy (non-hydrogen) atoms. The van der Waals surface area contributed by atoms with E-state index in [1.54, 1.807) is 0 Å². The molecule has 0 saturated carbocycles. The molecule has 136 valence electrons. The Morgan fingerprint density at radius 3 is 1.20 bits per heavy atom. The molecule has 0 aliphatic rings. The SMILES string of the molecule is C=CC[SiH2]C(CC=C)=C(CC=C)OC(CC=C)=C(CC=C)[SiH2]CC=C. The van der Waals surface area contributed by atoms with Gasteiger partial charge in [0.15, 0.2) is 0 Å². The van der Waals surface area contributed by atoms with E-state index in [0.717, 1.165) is 49.3 Å². The van der Waals surface area contributed by atoms with Crippen LogP contribution in [0.5, 0.6) is 0 Å². The quantitative estimate of drug-likeness (QED) is 0.204. The third-order valence-electron chi connectivity index (χ3n) is 3.78. The summed E-state index contributed by atoms with van der Waals surface area (Å²) < 4.78 is 6.48. The normalized spacial score (nSPS) is 13.3. The van der Waals surface area contributed by atoms with E-state index >= 15 is 0 Å². The number of hydrogen-bond donors (Lipinski definition) is 0. The fraction of sp³-hybridized carbons (Fsp3) is 0.273. The van der Waals surface area contributed by atoms with Crippen molar-refractivity contribution >= 4 is 19.0 Å². The van der Waals surface area contributed by atoms with Crippen LogP contribution in [0.4, 0.5) is 0 Å². The van der Waals surface area contributed by atoms with Crippen LogP contribution in [0.2, 0.25) is 12.1 Å². The van der Waals surface area contributed by atoms with Gasteiger partial charge in [-0.1, -0.05) is 36.5 Å². The fourth-order valence-corrected chi connectivity index (χ4v) is 5.45. The lowest BCUT2D eigenvalue weighted by Crippen LogP contribution is -2.07. The van der Waals surface area contributed by atoms with Gasteiger partial charge in [0.1, 0.15) is 11.5 Å². The number of ether oxygens (including phenoxy) is 1. The molecule has 0 aromatic carbocycles. The number of allylic oxidation sites excluding steroid dienone is 8. The Bertz CT molecular complexity index is 490. The maximum Gasteiger partial charge on any atom is 0.102 e. The molecule has 0 bridgehead atoms. The highest BCUT2D eigenvalue weighted by Gasteiger charge is 2.12. The van der Waals surface area contributed by atoms with E-state index in [1.807, 2.05) is 36.5 Å². The molecule has 3 heteroatoms. The summed E-state index contributed by atoms with van der Waals surface area (Å²) in [6, 6.07) is 2.14. The Kier molecular flexibility index (Phi) is 14.5. The van der Waals surface area contributed by atoms with Crippen LogP contribution in [0.3, 0.4) is 0 Å². The number of hydrogen-bond acceptors (Lipinski definition) is 1. The van der Waals surface area contributed by atoms with E-state index in [4.69, 9.17) is 4.74 Å². The first-order valence-corrected chi connectivity index (χ1v) is 12.3. The summed E-state index contributed by atoms with van der Waals surface area (Å²) in [6.45, 7) is 23.4. The molecule has 0 aliphatic heterocycles. The molecule has 0 N–H and O–H groups in total. The Labute approximate surface area is 159 Å². The molecule has 0 aromatic heterocycles. The second kappa shape index (κ2) is 15.7. The third kappa shape index (κ3) is 9.90. The first-order valence-electron chi connectivity index (χ1n) is 8.93. The molecule has 0 spiro atoms. The van der Waals surface area contributed by atoms with Crippen molar-refractivity contribution in [3.05, 3.63) is 97.8 Å². The van der Waals surface area contributed by atoms with Crippen LogP contribution in [0, 0.1) is 0 Å². The van der Waals surface area contributed by atoms with E-state index in [1.165, 1.54) is 10.4 Å². The van der Waals surface area contributed by atoms with Gasteiger partial charge in [0.25, 0.3) is 0 Å². The zero-order valence-electron chi connectivity index (χ0n) is 15.8. The van der Waals surface area contributed by atoms with Crippen molar-refractivity contribution in [2.24, 2.45) is 0 Å². The number of rotatable bonds is 16. The zero-order chi connectivity index (χ0) is 18.9. The lowest BCUT2D eigenvalue weighted by atomic mass is 10.2. The van der Waals surface area contributed by atoms with Crippen molar-refractivity contribution in [2.45, 2.75) is 37.8 Å². The monoisotopic (exact) mass is 370 g/mol. The molecule has 0 unspecified atom stereocenters. The highest BCUT2D eigenvalue weighted by atomic mass is 28.2. The van der Waals surface area contributed by atoms with E-state index < -0.39 is 19.0 Å². The van der Waals surface area contributed by atoms with Gasteiger partial charge in [-0.2, -0.15) is 0 Å². The van der Waals surface area contributed by atoms with Gasteiger partial charge >= 0.3 is 0 Å². The first kappa shape index (κ1) is 23.2. The summed E-state index contributed by atoms with van der Waals surface area (Å²) in [7, 11) is -0.836. The Morgan fingerprint density at radius 2 is 0.920 bits per heavy atom. The van der Waals surface area contributed by atoms with Gasteiger partial charge in [0.05, 0.1) is 19.0 Å². The van der Waals surface area contributed by atoms with Crippen LogP contribution in [-0.2, 0) is 4.74 Å². The lowest BCUT2D eigenvalue weighted by molar-refractivity contribution is 0.286. The minimum absolute atomic E-state index is 0.418. The second-order valence-corrected chi connectivity index (χ2v) is 9.64. The van der Waals surface area contributed by atoms with E-state index in [2.05, 4.69) is 39.5 Å². The summed E-state index contributed by atoms with van der Waals surface area (Å²) in [5, 5.41) is 2.81. The molecule has 0 rings (SSSR count). The van der Waals surface area contributed by atoms with Crippen molar-refractivity contribution in [1.82, 2.24) is 0 Å². The molecule has 0 aliphatic carbocycles. The molecule has 0 heterocycles. The Morgan fingerprint density at radius 1 is 0.560 bits per heavy atom. The van der Waals surface area contributed by atoms with Crippen LogP contribution in [0.15, 0.2) is 97.8 Å². The smallest absolute Gasteiger partial charge is 0.102 e. The third-order valence-corrected chi connectivity index (χ3v) is 7.74. The molecule has 0 atom stereocenters. The summed E-state index contributed by atoms with van der Waals surface area (Å²) in [5.41, 5.74) is 0. The first-order chi connectivity index (χ1) is 12.2. The predicted molar refractivity (Wildman–Crippen MR) is 121 cm³/mol. The Hall–Kier alpha value is -1.85. The molecule has 0 radical (unpaired) electrons. The van der Waals surface area contributed by atoms with Crippen molar-refractivity contribution in [3.8, 4) is 0 Å². The summed E-state index contributed by atoms with van der Waals surface area (Å²) in [5.74, 6) is 2.10.